The number of benzene rings is 1. The Balaban J connectivity index is 1.66. The average molecular weight is 302 g/mol. The summed E-state index contributed by atoms with van der Waals surface area (Å²) in [5, 5.41) is 13.5. The molecule has 0 bridgehead atoms. The lowest BCUT2D eigenvalue weighted by Crippen LogP contribution is -2.22. The van der Waals surface area contributed by atoms with Gasteiger partial charge in [0.15, 0.2) is 5.13 Å². The summed E-state index contributed by atoms with van der Waals surface area (Å²) in [5.41, 5.74) is 2.32. The minimum Gasteiger partial charge on any atom is -0.388 e. The summed E-state index contributed by atoms with van der Waals surface area (Å²) in [6.45, 7) is 6.77. The lowest BCUT2D eigenvalue weighted by Gasteiger charge is -2.18. The fourth-order valence-corrected chi connectivity index (χ4v) is 3.67. The number of anilines is 1. The average Bonchev–Trinajstić information content (AvgIpc) is 3.06. The van der Waals surface area contributed by atoms with Crippen molar-refractivity contribution in [1.82, 2.24) is 4.98 Å². The third kappa shape index (κ3) is 3.44. The number of aliphatic hydroxyl groups is 1. The van der Waals surface area contributed by atoms with Crippen LogP contribution in [0.4, 0.5) is 5.13 Å². The van der Waals surface area contributed by atoms with E-state index in [1.54, 1.807) is 11.3 Å². The molecule has 2 heterocycles. The van der Waals surface area contributed by atoms with E-state index in [-0.39, 0.29) is 0 Å². The highest BCUT2D eigenvalue weighted by Crippen LogP contribution is 2.34. The maximum absolute atomic E-state index is 10.3. The maximum atomic E-state index is 10.3. The lowest BCUT2D eigenvalue weighted by atomic mass is 9.93. The number of hydrogen-bond donors (Lipinski definition) is 1. The highest BCUT2D eigenvalue weighted by Gasteiger charge is 2.30. The van der Waals surface area contributed by atoms with Crippen molar-refractivity contribution in [3.63, 3.8) is 0 Å². The zero-order valence-corrected chi connectivity index (χ0v) is 13.4. The molecule has 0 amide bonds. The monoisotopic (exact) mass is 302 g/mol. The molecule has 0 saturated carbocycles. The maximum Gasteiger partial charge on any atom is 0.185 e. The summed E-state index contributed by atoms with van der Waals surface area (Å²) in [7, 11) is 0. The van der Waals surface area contributed by atoms with Gasteiger partial charge in [0.05, 0.1) is 11.8 Å². The molecule has 1 fully saturated rings. The highest BCUT2D eigenvalue weighted by atomic mass is 32.1. The third-order valence-corrected chi connectivity index (χ3v) is 5.02. The summed E-state index contributed by atoms with van der Waals surface area (Å²) in [6.07, 6.45) is 1.32. The topological polar surface area (TPSA) is 36.4 Å². The number of thiazole rings is 1. The molecular weight excluding hydrogens is 280 g/mol. The number of hydrogen-bond acceptors (Lipinski definition) is 4. The second-order valence-electron chi connectivity index (χ2n) is 6.59. The van der Waals surface area contributed by atoms with Gasteiger partial charge < -0.3 is 10.0 Å². The van der Waals surface area contributed by atoms with Crippen LogP contribution in [0.5, 0.6) is 0 Å². The van der Waals surface area contributed by atoms with Crippen LogP contribution in [-0.2, 0) is 6.42 Å². The van der Waals surface area contributed by atoms with Gasteiger partial charge in [-0.15, -0.1) is 11.3 Å². The van der Waals surface area contributed by atoms with E-state index in [2.05, 4.69) is 24.1 Å². The lowest BCUT2D eigenvalue weighted by molar-refractivity contribution is 0.177. The van der Waals surface area contributed by atoms with E-state index in [1.165, 1.54) is 6.42 Å². The SMILES string of the molecule is CC1(C)CCN(c2nc(CC(O)c3ccccc3)cs2)C1. The van der Waals surface area contributed by atoms with Crippen LogP contribution >= 0.6 is 11.3 Å². The molecule has 3 rings (SSSR count). The second kappa shape index (κ2) is 5.78. The van der Waals surface area contributed by atoms with Gasteiger partial charge in [0.2, 0.25) is 0 Å². The smallest absolute Gasteiger partial charge is 0.185 e. The Kier molecular flexibility index (Phi) is 4.00. The molecule has 1 aromatic carbocycles. The molecule has 1 aliphatic heterocycles. The molecular formula is C17H22N2OS. The van der Waals surface area contributed by atoms with E-state index in [0.717, 1.165) is 29.5 Å². The largest absolute Gasteiger partial charge is 0.388 e. The molecule has 3 nitrogen and oxygen atoms in total. The van der Waals surface area contributed by atoms with Gasteiger partial charge in [-0.1, -0.05) is 44.2 Å². The van der Waals surface area contributed by atoms with Crippen molar-refractivity contribution in [2.75, 3.05) is 18.0 Å². The van der Waals surface area contributed by atoms with Crippen molar-refractivity contribution in [2.24, 2.45) is 5.41 Å². The fraction of sp³-hybridized carbons (Fsp3) is 0.471. The summed E-state index contributed by atoms with van der Waals surface area (Å²) in [4.78, 5) is 7.07. The Morgan fingerprint density at radius 2 is 2.10 bits per heavy atom. The third-order valence-electron chi connectivity index (χ3n) is 4.07. The Hall–Kier alpha value is -1.39. The summed E-state index contributed by atoms with van der Waals surface area (Å²) >= 11 is 1.69. The molecule has 1 N–H and O–H groups in total. The quantitative estimate of drug-likeness (QED) is 0.936. The molecule has 4 heteroatoms. The Morgan fingerprint density at radius 1 is 1.33 bits per heavy atom. The van der Waals surface area contributed by atoms with Crippen molar-refractivity contribution in [3.8, 4) is 0 Å². The van der Waals surface area contributed by atoms with Crippen molar-refractivity contribution in [1.29, 1.82) is 0 Å². The van der Waals surface area contributed by atoms with Gasteiger partial charge in [-0.3, -0.25) is 0 Å². The molecule has 0 spiro atoms. The van der Waals surface area contributed by atoms with Crippen LogP contribution in [-0.4, -0.2) is 23.2 Å². The highest BCUT2D eigenvalue weighted by molar-refractivity contribution is 7.13. The minimum atomic E-state index is -0.476. The summed E-state index contributed by atoms with van der Waals surface area (Å²) in [5.74, 6) is 0. The summed E-state index contributed by atoms with van der Waals surface area (Å²) < 4.78 is 0. The van der Waals surface area contributed by atoms with Crippen LogP contribution < -0.4 is 4.90 Å². The van der Waals surface area contributed by atoms with Crippen LogP contribution in [0.1, 0.15) is 37.6 Å². The van der Waals surface area contributed by atoms with E-state index in [4.69, 9.17) is 4.98 Å². The van der Waals surface area contributed by atoms with Crippen LogP contribution in [0, 0.1) is 5.41 Å². The molecule has 1 aromatic heterocycles. The van der Waals surface area contributed by atoms with Crippen LogP contribution in [0.2, 0.25) is 0 Å². The fourth-order valence-electron chi connectivity index (χ4n) is 2.80. The zero-order valence-electron chi connectivity index (χ0n) is 12.6. The first kappa shape index (κ1) is 14.5. The molecule has 0 aliphatic carbocycles. The van der Waals surface area contributed by atoms with Crippen molar-refractivity contribution in [3.05, 3.63) is 47.0 Å². The van der Waals surface area contributed by atoms with Gasteiger partial charge in [-0.05, 0) is 17.4 Å². The number of nitrogens with zero attached hydrogens (tertiary/aromatic N) is 2. The number of rotatable bonds is 4. The number of aliphatic hydroxyl groups excluding tert-OH is 1. The molecule has 1 saturated heterocycles. The minimum absolute atomic E-state index is 0.384. The van der Waals surface area contributed by atoms with E-state index >= 15 is 0 Å². The molecule has 112 valence electrons. The first-order valence-corrected chi connectivity index (χ1v) is 8.34. The van der Waals surface area contributed by atoms with Crippen LogP contribution in [0.15, 0.2) is 35.7 Å². The zero-order chi connectivity index (χ0) is 14.9. The number of aromatic nitrogens is 1. The van der Waals surface area contributed by atoms with Gasteiger partial charge in [0.1, 0.15) is 0 Å². The predicted octanol–water partition coefficient (Wildman–Crippen LogP) is 3.66. The molecule has 2 aromatic rings. The van der Waals surface area contributed by atoms with E-state index in [9.17, 15) is 5.11 Å². The standard InChI is InChI=1S/C17H22N2OS/c1-17(2)8-9-19(12-17)16-18-14(11-21-16)10-15(20)13-6-4-3-5-7-13/h3-7,11,15,20H,8-10,12H2,1-2H3. The van der Waals surface area contributed by atoms with Crippen LogP contribution in [0.3, 0.4) is 0 Å². The summed E-state index contributed by atoms with van der Waals surface area (Å²) in [6, 6.07) is 9.79. The van der Waals surface area contributed by atoms with E-state index < -0.39 is 6.10 Å². The van der Waals surface area contributed by atoms with Gasteiger partial charge in [0, 0.05) is 24.9 Å². The molecule has 21 heavy (non-hydrogen) atoms. The predicted molar refractivity (Wildman–Crippen MR) is 87.8 cm³/mol. The Morgan fingerprint density at radius 3 is 2.76 bits per heavy atom. The van der Waals surface area contributed by atoms with Gasteiger partial charge in [0.25, 0.3) is 0 Å². The molecule has 1 aliphatic rings. The van der Waals surface area contributed by atoms with E-state index in [1.807, 2.05) is 30.3 Å². The molecule has 0 radical (unpaired) electrons. The van der Waals surface area contributed by atoms with E-state index in [0.29, 0.717) is 11.8 Å². The van der Waals surface area contributed by atoms with Crippen molar-refractivity contribution >= 4 is 16.5 Å². The van der Waals surface area contributed by atoms with Crippen LogP contribution in [0.25, 0.3) is 0 Å². The Labute approximate surface area is 130 Å². The first-order chi connectivity index (χ1) is 10.0. The first-order valence-electron chi connectivity index (χ1n) is 7.46. The van der Waals surface area contributed by atoms with Crippen molar-refractivity contribution < 1.29 is 5.11 Å². The Bertz CT molecular complexity index is 594. The molecule has 1 unspecified atom stereocenters. The normalized spacial score (nSPS) is 18.9. The van der Waals surface area contributed by atoms with Gasteiger partial charge in [-0.2, -0.15) is 0 Å². The second-order valence-corrected chi connectivity index (χ2v) is 7.42. The van der Waals surface area contributed by atoms with Gasteiger partial charge >= 0.3 is 0 Å². The van der Waals surface area contributed by atoms with Gasteiger partial charge in [-0.25, -0.2) is 4.98 Å². The van der Waals surface area contributed by atoms with Crippen molar-refractivity contribution in [2.45, 2.75) is 32.8 Å². The molecule has 1 atom stereocenters.